The van der Waals surface area contributed by atoms with E-state index in [-0.39, 0.29) is 5.91 Å². The van der Waals surface area contributed by atoms with Crippen molar-refractivity contribution in [2.45, 2.75) is 6.61 Å². The van der Waals surface area contributed by atoms with Crippen molar-refractivity contribution in [2.75, 3.05) is 12.4 Å². The predicted molar refractivity (Wildman–Crippen MR) is 114 cm³/mol. The SMILES string of the molecule is COc1cccc(C=C2C(=O)Nc3ccc(Br)cc32)c1OCc1ccccc1. The van der Waals surface area contributed by atoms with E-state index < -0.39 is 0 Å². The van der Waals surface area contributed by atoms with E-state index in [9.17, 15) is 4.79 Å². The van der Waals surface area contributed by atoms with Crippen LogP contribution in [-0.4, -0.2) is 13.0 Å². The molecule has 1 amide bonds. The summed E-state index contributed by atoms with van der Waals surface area (Å²) in [4.78, 5) is 12.5. The Kier molecular flexibility index (Phi) is 5.17. The number of carbonyl (C=O) groups is 1. The minimum atomic E-state index is -0.134. The molecular weight excluding hydrogens is 418 g/mol. The Balaban J connectivity index is 1.73. The lowest BCUT2D eigenvalue weighted by atomic mass is 10.0. The Labute approximate surface area is 171 Å². The molecule has 0 fully saturated rings. The number of fused-ring (bicyclic) bond motifs is 1. The highest BCUT2D eigenvalue weighted by Gasteiger charge is 2.25. The van der Waals surface area contributed by atoms with Crippen LogP contribution in [0.2, 0.25) is 0 Å². The van der Waals surface area contributed by atoms with Gasteiger partial charge in [0, 0.05) is 26.9 Å². The molecule has 1 aliphatic rings. The van der Waals surface area contributed by atoms with E-state index in [1.54, 1.807) is 7.11 Å². The van der Waals surface area contributed by atoms with Crippen molar-refractivity contribution in [3.05, 3.63) is 87.9 Å². The number of carbonyl (C=O) groups excluding carboxylic acids is 1. The number of halogens is 1. The molecule has 1 heterocycles. The van der Waals surface area contributed by atoms with Gasteiger partial charge in [-0.1, -0.05) is 58.4 Å². The minimum Gasteiger partial charge on any atom is -0.493 e. The zero-order valence-electron chi connectivity index (χ0n) is 15.2. The van der Waals surface area contributed by atoms with Crippen molar-refractivity contribution >= 4 is 39.2 Å². The fourth-order valence-electron chi connectivity index (χ4n) is 3.15. The van der Waals surface area contributed by atoms with Crippen LogP contribution in [-0.2, 0) is 11.4 Å². The number of amides is 1. The van der Waals surface area contributed by atoms with Crippen LogP contribution in [0.3, 0.4) is 0 Å². The van der Waals surface area contributed by atoms with Crippen molar-refractivity contribution in [3.63, 3.8) is 0 Å². The number of anilines is 1. The first-order valence-corrected chi connectivity index (χ1v) is 9.61. The largest absolute Gasteiger partial charge is 0.493 e. The standard InChI is InChI=1S/C23H18BrNO3/c1-27-21-9-5-8-16(22(21)28-14-15-6-3-2-4-7-15)12-19-18-13-17(24)10-11-20(18)25-23(19)26/h2-13H,14H2,1H3,(H,25,26). The van der Waals surface area contributed by atoms with Crippen LogP contribution in [0.5, 0.6) is 11.5 Å². The first kappa shape index (κ1) is 18.3. The van der Waals surface area contributed by atoms with Gasteiger partial charge in [-0.3, -0.25) is 4.79 Å². The Morgan fingerprint density at radius 2 is 1.86 bits per heavy atom. The Hall–Kier alpha value is -3.05. The molecule has 3 aromatic rings. The lowest BCUT2D eigenvalue weighted by molar-refractivity contribution is -0.110. The molecule has 0 bridgehead atoms. The zero-order chi connectivity index (χ0) is 19.5. The summed E-state index contributed by atoms with van der Waals surface area (Å²) >= 11 is 3.47. The monoisotopic (exact) mass is 435 g/mol. The fraction of sp³-hybridized carbons (Fsp3) is 0.0870. The molecule has 0 saturated heterocycles. The molecule has 0 saturated carbocycles. The van der Waals surface area contributed by atoms with Crippen LogP contribution in [0, 0.1) is 0 Å². The molecule has 0 unspecified atom stereocenters. The van der Waals surface area contributed by atoms with Crippen molar-refractivity contribution in [1.82, 2.24) is 0 Å². The third kappa shape index (κ3) is 3.66. The average molecular weight is 436 g/mol. The predicted octanol–water partition coefficient (Wildman–Crippen LogP) is 5.53. The van der Waals surface area contributed by atoms with Crippen molar-refractivity contribution in [1.29, 1.82) is 0 Å². The lowest BCUT2D eigenvalue weighted by Crippen LogP contribution is -2.04. The number of nitrogens with one attached hydrogen (secondary N) is 1. The number of hydrogen-bond donors (Lipinski definition) is 1. The van der Waals surface area contributed by atoms with Crippen molar-refractivity contribution in [2.24, 2.45) is 0 Å². The maximum atomic E-state index is 12.5. The number of rotatable bonds is 5. The van der Waals surface area contributed by atoms with Crippen molar-refractivity contribution in [3.8, 4) is 11.5 Å². The summed E-state index contributed by atoms with van der Waals surface area (Å²) in [7, 11) is 1.61. The molecule has 1 N–H and O–H groups in total. The summed E-state index contributed by atoms with van der Waals surface area (Å²) < 4.78 is 12.5. The second-order valence-corrected chi connectivity index (χ2v) is 7.27. The van der Waals surface area contributed by atoms with Gasteiger partial charge >= 0.3 is 0 Å². The van der Waals surface area contributed by atoms with Crippen molar-refractivity contribution < 1.29 is 14.3 Å². The summed E-state index contributed by atoms with van der Waals surface area (Å²) in [5, 5.41) is 2.90. The van der Waals surface area contributed by atoms with Crippen LogP contribution in [0.1, 0.15) is 16.7 Å². The Bertz CT molecular complexity index is 1060. The minimum absolute atomic E-state index is 0.134. The quantitative estimate of drug-likeness (QED) is 0.535. The van der Waals surface area contributed by atoms with Gasteiger partial charge in [-0.25, -0.2) is 0 Å². The maximum absolute atomic E-state index is 12.5. The smallest absolute Gasteiger partial charge is 0.256 e. The van der Waals surface area contributed by atoms with Gasteiger partial charge in [0.05, 0.1) is 7.11 Å². The zero-order valence-corrected chi connectivity index (χ0v) is 16.8. The van der Waals surface area contributed by atoms with Gasteiger partial charge in [-0.15, -0.1) is 0 Å². The molecule has 0 atom stereocenters. The highest BCUT2D eigenvalue weighted by Crippen LogP contribution is 2.38. The van der Waals surface area contributed by atoms with Gasteiger partial charge in [0.15, 0.2) is 11.5 Å². The topological polar surface area (TPSA) is 47.6 Å². The summed E-state index contributed by atoms with van der Waals surface area (Å²) in [6.07, 6.45) is 1.84. The van der Waals surface area contributed by atoms with Crippen LogP contribution < -0.4 is 14.8 Å². The van der Waals surface area contributed by atoms with Crippen LogP contribution in [0.25, 0.3) is 11.6 Å². The van der Waals surface area contributed by atoms with Gasteiger partial charge in [0.2, 0.25) is 0 Å². The fourth-order valence-corrected chi connectivity index (χ4v) is 3.51. The Morgan fingerprint density at radius 3 is 2.64 bits per heavy atom. The first-order chi connectivity index (χ1) is 13.7. The van der Waals surface area contributed by atoms with E-state index >= 15 is 0 Å². The third-order valence-electron chi connectivity index (χ3n) is 4.52. The number of ether oxygens (including phenoxy) is 2. The highest BCUT2D eigenvalue weighted by molar-refractivity contribution is 9.10. The molecule has 28 heavy (non-hydrogen) atoms. The van der Waals surface area contributed by atoms with E-state index in [2.05, 4.69) is 21.2 Å². The van der Waals surface area contributed by atoms with Crippen LogP contribution in [0.4, 0.5) is 5.69 Å². The van der Waals surface area contributed by atoms with E-state index in [0.29, 0.717) is 23.7 Å². The van der Waals surface area contributed by atoms with E-state index in [4.69, 9.17) is 9.47 Å². The summed E-state index contributed by atoms with van der Waals surface area (Å²) in [5.74, 6) is 1.10. The summed E-state index contributed by atoms with van der Waals surface area (Å²) in [5.41, 5.74) is 4.09. The molecule has 140 valence electrons. The summed E-state index contributed by atoms with van der Waals surface area (Å²) in [6, 6.07) is 21.3. The molecule has 0 aromatic heterocycles. The number of hydrogen-bond acceptors (Lipinski definition) is 3. The van der Waals surface area contributed by atoms with Crippen LogP contribution in [0.15, 0.2) is 71.2 Å². The van der Waals surface area contributed by atoms with E-state index in [1.165, 1.54) is 0 Å². The molecule has 0 radical (unpaired) electrons. The number of benzene rings is 3. The molecule has 1 aliphatic heterocycles. The van der Waals surface area contributed by atoms with Gasteiger partial charge in [-0.05, 0) is 35.9 Å². The molecule has 5 heteroatoms. The van der Waals surface area contributed by atoms with Gasteiger partial charge in [0.25, 0.3) is 5.91 Å². The van der Waals surface area contributed by atoms with E-state index in [0.717, 1.165) is 26.9 Å². The van der Waals surface area contributed by atoms with Gasteiger partial charge in [0.1, 0.15) is 6.61 Å². The van der Waals surface area contributed by atoms with Crippen LogP contribution >= 0.6 is 15.9 Å². The number of methoxy groups -OCH3 is 1. The molecule has 3 aromatic carbocycles. The second kappa shape index (κ2) is 7.90. The Morgan fingerprint density at radius 1 is 1.04 bits per heavy atom. The molecule has 0 spiro atoms. The third-order valence-corrected chi connectivity index (χ3v) is 5.01. The van der Waals surface area contributed by atoms with E-state index in [1.807, 2.05) is 72.8 Å². The normalized spacial score (nSPS) is 13.9. The van der Waals surface area contributed by atoms with Gasteiger partial charge < -0.3 is 14.8 Å². The lowest BCUT2D eigenvalue weighted by Gasteiger charge is -2.14. The number of para-hydroxylation sites is 1. The molecule has 0 aliphatic carbocycles. The maximum Gasteiger partial charge on any atom is 0.256 e. The summed E-state index contributed by atoms with van der Waals surface area (Å²) in [6.45, 7) is 0.408. The highest BCUT2D eigenvalue weighted by atomic mass is 79.9. The molecular formula is C23H18BrNO3. The molecule has 4 nitrogen and oxygen atoms in total. The molecule has 4 rings (SSSR count). The average Bonchev–Trinajstić information content (AvgIpc) is 3.02. The second-order valence-electron chi connectivity index (χ2n) is 6.35. The van der Waals surface area contributed by atoms with Gasteiger partial charge in [-0.2, -0.15) is 0 Å². The first-order valence-electron chi connectivity index (χ1n) is 8.82.